The van der Waals surface area contributed by atoms with Gasteiger partial charge in [0, 0.05) is 43.0 Å². The van der Waals surface area contributed by atoms with E-state index in [4.69, 9.17) is 23.4 Å². The Hall–Kier alpha value is -3.50. The molecule has 5 unspecified atom stereocenters. The molecule has 0 spiro atoms. The predicted molar refractivity (Wildman–Crippen MR) is 175 cm³/mol. The Bertz CT molecular complexity index is 1780. The van der Waals surface area contributed by atoms with Crippen LogP contribution in [0.3, 0.4) is 0 Å². The number of sulfonamides is 1. The standard InChI is InChI=1S/C34H43FN4O9S/c1-18(2)14-39(49(42,43)22-7-9-26-30(13-22)47-33(37-26)36-21-5-6-21)15-28(40)27(10-19-4-8-25(35)29(11-19)44-3)38-34(41)48-31-20-12-23-24(31)17-46-32(23)45-16-20/h4,7-9,11,13,18,20-21,23-24,27-28,31-32,40H,5-6,10,12,14-17H2,1-3H3,(H,36,37)(H,38,41)/t20?,23?,24?,27-,28+,31?,32?/m0/s1. The Morgan fingerprint density at radius 2 is 1.92 bits per heavy atom. The van der Waals surface area contributed by atoms with Gasteiger partial charge in [0.05, 0.1) is 37.4 Å². The number of nitrogens with zero attached hydrogens (tertiary/aromatic N) is 2. The van der Waals surface area contributed by atoms with Gasteiger partial charge in [-0.2, -0.15) is 9.29 Å². The number of oxazole rings is 1. The van der Waals surface area contributed by atoms with Crippen LogP contribution in [0.1, 0.15) is 38.7 Å². The van der Waals surface area contributed by atoms with Crippen LogP contribution >= 0.6 is 0 Å². The first kappa shape index (κ1) is 34.0. The largest absolute Gasteiger partial charge is 0.494 e. The third kappa shape index (κ3) is 7.22. The lowest BCUT2D eigenvalue weighted by Crippen LogP contribution is -2.52. The number of rotatable bonds is 14. The second-order valence-electron chi connectivity index (χ2n) is 14.0. The highest BCUT2D eigenvalue weighted by atomic mass is 32.2. The first-order valence-electron chi connectivity index (χ1n) is 16.9. The van der Waals surface area contributed by atoms with Gasteiger partial charge in [0.15, 0.2) is 23.4 Å². The van der Waals surface area contributed by atoms with Crippen LogP contribution in [0, 0.1) is 29.5 Å². The van der Waals surface area contributed by atoms with E-state index in [-0.39, 0.29) is 60.1 Å². The van der Waals surface area contributed by atoms with E-state index in [0.717, 1.165) is 19.3 Å². The molecule has 7 rings (SSSR count). The molecule has 0 radical (unpaired) electrons. The summed E-state index contributed by atoms with van der Waals surface area (Å²) >= 11 is 0. The molecular formula is C34H43FN4O9S. The molecule has 2 aromatic carbocycles. The first-order valence-corrected chi connectivity index (χ1v) is 18.3. The van der Waals surface area contributed by atoms with Crippen molar-refractivity contribution in [2.75, 3.05) is 38.7 Å². The number of anilines is 1. The smallest absolute Gasteiger partial charge is 0.407 e. The fourth-order valence-corrected chi connectivity index (χ4v) is 8.86. The van der Waals surface area contributed by atoms with Crippen molar-refractivity contribution in [2.45, 2.75) is 75.0 Å². The summed E-state index contributed by atoms with van der Waals surface area (Å²) in [5.74, 6) is -0.428. The number of hydrogen-bond donors (Lipinski definition) is 3. The molecule has 1 aromatic heterocycles. The lowest BCUT2D eigenvalue weighted by Gasteiger charge is -2.31. The summed E-state index contributed by atoms with van der Waals surface area (Å²) in [6.07, 6.45) is 0.117. The molecule has 7 atom stereocenters. The minimum Gasteiger partial charge on any atom is -0.494 e. The molecule has 266 valence electrons. The lowest BCUT2D eigenvalue weighted by atomic mass is 9.98. The number of nitrogens with one attached hydrogen (secondary N) is 2. The number of benzene rings is 2. The minimum absolute atomic E-state index is 0.00430. The van der Waals surface area contributed by atoms with Gasteiger partial charge in [-0.15, -0.1) is 0 Å². The molecule has 2 saturated heterocycles. The number of alkyl carbamates (subject to hydrolysis) is 1. The van der Waals surface area contributed by atoms with Gasteiger partial charge in [0.25, 0.3) is 6.01 Å². The van der Waals surface area contributed by atoms with Crippen LogP contribution < -0.4 is 15.4 Å². The third-order valence-electron chi connectivity index (χ3n) is 9.83. The summed E-state index contributed by atoms with van der Waals surface area (Å²) < 4.78 is 72.1. The fourth-order valence-electron chi connectivity index (χ4n) is 7.22. The van der Waals surface area contributed by atoms with E-state index < -0.39 is 40.2 Å². The molecule has 49 heavy (non-hydrogen) atoms. The van der Waals surface area contributed by atoms with Crippen molar-refractivity contribution in [1.82, 2.24) is 14.6 Å². The molecule has 3 heterocycles. The summed E-state index contributed by atoms with van der Waals surface area (Å²) in [5.41, 5.74) is 1.40. The van der Waals surface area contributed by atoms with E-state index >= 15 is 0 Å². The number of aliphatic hydroxyl groups excluding tert-OH is 1. The summed E-state index contributed by atoms with van der Waals surface area (Å²) in [5, 5.41) is 17.7. The maximum atomic E-state index is 14.3. The Kier molecular flexibility index (Phi) is 9.47. The topological polar surface area (TPSA) is 162 Å². The van der Waals surface area contributed by atoms with Gasteiger partial charge in [-0.25, -0.2) is 17.6 Å². The van der Waals surface area contributed by atoms with Crippen LogP contribution in [0.4, 0.5) is 15.2 Å². The molecule has 2 aliphatic carbocycles. The van der Waals surface area contributed by atoms with Crippen molar-refractivity contribution in [1.29, 1.82) is 0 Å². The van der Waals surface area contributed by atoms with Gasteiger partial charge >= 0.3 is 6.09 Å². The quantitative estimate of drug-likeness (QED) is 0.224. The van der Waals surface area contributed by atoms with Gasteiger partial charge in [-0.1, -0.05) is 19.9 Å². The van der Waals surface area contributed by atoms with Crippen LogP contribution in [0.15, 0.2) is 45.7 Å². The number of hydrogen-bond acceptors (Lipinski definition) is 11. The van der Waals surface area contributed by atoms with Crippen LogP contribution in [0.2, 0.25) is 0 Å². The van der Waals surface area contributed by atoms with Crippen molar-refractivity contribution in [3.05, 3.63) is 47.8 Å². The molecule has 15 heteroatoms. The van der Waals surface area contributed by atoms with E-state index in [1.165, 1.54) is 41.7 Å². The molecule has 13 nitrogen and oxygen atoms in total. The number of aromatic nitrogens is 1. The molecule has 2 bridgehead atoms. The minimum atomic E-state index is -4.15. The monoisotopic (exact) mass is 702 g/mol. The second kappa shape index (κ2) is 13.7. The Labute approximate surface area is 284 Å². The summed E-state index contributed by atoms with van der Waals surface area (Å²) in [7, 11) is -2.80. The highest BCUT2D eigenvalue weighted by Gasteiger charge is 2.56. The number of fused-ring (bicyclic) bond motifs is 2. The van der Waals surface area contributed by atoms with E-state index in [9.17, 15) is 22.7 Å². The molecule has 4 aliphatic rings. The molecular weight excluding hydrogens is 659 g/mol. The Morgan fingerprint density at radius 1 is 1.12 bits per heavy atom. The third-order valence-corrected chi connectivity index (χ3v) is 11.7. The zero-order valence-electron chi connectivity index (χ0n) is 27.7. The number of halogens is 1. The fraction of sp³-hybridized carbons (Fsp3) is 0.588. The van der Waals surface area contributed by atoms with Crippen molar-refractivity contribution in [3.63, 3.8) is 0 Å². The van der Waals surface area contributed by atoms with E-state index in [0.29, 0.717) is 41.9 Å². The molecule has 2 saturated carbocycles. The van der Waals surface area contributed by atoms with Crippen LogP contribution in [0.5, 0.6) is 5.75 Å². The van der Waals surface area contributed by atoms with Gasteiger partial charge in [0.2, 0.25) is 10.0 Å². The molecule has 3 N–H and O–H groups in total. The van der Waals surface area contributed by atoms with Gasteiger partial charge in [0.1, 0.15) is 11.6 Å². The summed E-state index contributed by atoms with van der Waals surface area (Å²) in [4.78, 5) is 17.9. The van der Waals surface area contributed by atoms with Crippen LogP contribution in [0.25, 0.3) is 11.1 Å². The highest BCUT2D eigenvalue weighted by Crippen LogP contribution is 2.49. The van der Waals surface area contributed by atoms with Gasteiger partial charge in [-0.3, -0.25) is 0 Å². The summed E-state index contributed by atoms with van der Waals surface area (Å²) in [6.45, 7) is 4.37. The number of carbonyl (C=O) groups excluding carboxylic acids is 1. The van der Waals surface area contributed by atoms with E-state index in [1.807, 2.05) is 13.8 Å². The van der Waals surface area contributed by atoms with Gasteiger partial charge in [-0.05, 0) is 61.4 Å². The predicted octanol–water partition coefficient (Wildman–Crippen LogP) is 3.90. The zero-order chi connectivity index (χ0) is 34.4. The van der Waals surface area contributed by atoms with Crippen molar-refractivity contribution >= 4 is 33.2 Å². The summed E-state index contributed by atoms with van der Waals surface area (Å²) in [6, 6.07) is 8.40. The lowest BCUT2D eigenvalue weighted by molar-refractivity contribution is -0.169. The number of ether oxygens (including phenoxy) is 4. The number of methoxy groups -OCH3 is 1. The molecule has 1 amide bonds. The average Bonchev–Trinajstić information content (AvgIpc) is 3.52. The van der Waals surface area contributed by atoms with E-state index in [1.54, 1.807) is 6.07 Å². The maximum absolute atomic E-state index is 14.3. The average molecular weight is 703 g/mol. The Balaban J connectivity index is 1.12. The molecule has 4 fully saturated rings. The molecule has 3 aromatic rings. The number of carbonyl (C=O) groups is 1. The van der Waals surface area contributed by atoms with Crippen molar-refractivity contribution in [3.8, 4) is 5.75 Å². The zero-order valence-corrected chi connectivity index (χ0v) is 28.5. The highest BCUT2D eigenvalue weighted by molar-refractivity contribution is 7.89. The van der Waals surface area contributed by atoms with Crippen molar-refractivity contribution < 1.29 is 46.1 Å². The van der Waals surface area contributed by atoms with Crippen LogP contribution in [-0.4, -0.2) is 92.9 Å². The van der Waals surface area contributed by atoms with Crippen LogP contribution in [-0.2, 0) is 30.7 Å². The van der Waals surface area contributed by atoms with Gasteiger partial charge < -0.3 is 39.1 Å². The SMILES string of the molecule is COc1cc(C[C@H](NC(=O)OC2C3COC4OCC2C4C3)[C@H](O)CN(CC(C)C)S(=O)(=O)c2ccc3nc(NC4CC4)oc3c2)ccc1F. The maximum Gasteiger partial charge on any atom is 0.407 e. The molecule has 2 aliphatic heterocycles. The number of amides is 1. The Morgan fingerprint density at radius 3 is 2.67 bits per heavy atom. The number of aliphatic hydroxyl groups is 1. The second-order valence-corrected chi connectivity index (χ2v) is 15.9. The van der Waals surface area contributed by atoms with E-state index in [2.05, 4.69) is 15.6 Å². The first-order chi connectivity index (χ1) is 23.5. The van der Waals surface area contributed by atoms with Crippen molar-refractivity contribution in [2.24, 2.45) is 23.7 Å². The normalized spacial score (nSPS) is 25.9.